The lowest BCUT2D eigenvalue weighted by Crippen LogP contribution is -2.49. The number of piperazine rings is 1. The average Bonchev–Trinajstić information content (AvgIpc) is 3.25. The molecule has 156 valence electrons. The lowest BCUT2D eigenvalue weighted by molar-refractivity contribution is -0.120. The van der Waals surface area contributed by atoms with Crippen molar-refractivity contribution in [1.29, 1.82) is 0 Å². The van der Waals surface area contributed by atoms with Crippen LogP contribution in [-0.4, -0.2) is 53.3 Å². The van der Waals surface area contributed by atoms with E-state index in [0.717, 1.165) is 42.3 Å². The predicted octanol–water partition coefficient (Wildman–Crippen LogP) is 3.94. The van der Waals surface area contributed by atoms with Crippen LogP contribution in [0.2, 0.25) is 0 Å². The van der Waals surface area contributed by atoms with Gasteiger partial charge in [-0.2, -0.15) is 0 Å². The van der Waals surface area contributed by atoms with Crippen molar-refractivity contribution >= 4 is 17.1 Å². The molecule has 3 aromatic rings. The first-order valence-corrected chi connectivity index (χ1v) is 10.8. The fraction of sp³-hybridized carbons (Fsp3) is 0.304. The monoisotopic (exact) mass is 427 g/mol. The highest BCUT2D eigenvalue weighted by molar-refractivity contribution is 7.09. The number of thiazole rings is 1. The Morgan fingerprint density at radius 1 is 0.933 bits per heavy atom. The number of Topliss-reactive ketones (excluding diaryl/α,β-unsaturated/α-hetero) is 1. The molecule has 4 nitrogen and oxygen atoms in total. The standard InChI is InChI=1S/C23H23F2N3OS/c24-19-5-1-17(2-6-19)23(18-3-7-20(25)8-4-18)28-12-10-27(11-13-28)16-21(29)15-22-26-9-14-30-22/h1-9,14,23H,10-13,15-16H2. The van der Waals surface area contributed by atoms with E-state index in [1.165, 1.54) is 35.6 Å². The summed E-state index contributed by atoms with van der Waals surface area (Å²) >= 11 is 1.50. The summed E-state index contributed by atoms with van der Waals surface area (Å²) in [5.74, 6) is -0.382. The molecule has 0 unspecified atom stereocenters. The fourth-order valence-corrected chi connectivity index (χ4v) is 4.54. The number of benzene rings is 2. The topological polar surface area (TPSA) is 36.4 Å². The fourth-order valence-electron chi connectivity index (χ4n) is 3.90. The van der Waals surface area contributed by atoms with Gasteiger partial charge in [-0.25, -0.2) is 13.8 Å². The molecule has 1 aliphatic heterocycles. The van der Waals surface area contributed by atoms with Crippen LogP contribution in [0.4, 0.5) is 8.78 Å². The lowest BCUT2D eigenvalue weighted by atomic mass is 9.96. The zero-order valence-electron chi connectivity index (χ0n) is 16.5. The molecule has 0 atom stereocenters. The van der Waals surface area contributed by atoms with Gasteiger partial charge in [0.1, 0.15) is 11.6 Å². The molecule has 0 amide bonds. The molecule has 4 rings (SSSR count). The highest BCUT2D eigenvalue weighted by Gasteiger charge is 2.27. The molecule has 2 heterocycles. The Labute approximate surface area is 178 Å². The van der Waals surface area contributed by atoms with E-state index < -0.39 is 0 Å². The summed E-state index contributed by atoms with van der Waals surface area (Å²) in [6, 6.07) is 12.9. The molecular weight excluding hydrogens is 404 g/mol. The van der Waals surface area contributed by atoms with Crippen LogP contribution in [0.1, 0.15) is 22.2 Å². The summed E-state index contributed by atoms with van der Waals surface area (Å²) < 4.78 is 26.9. The third-order valence-electron chi connectivity index (χ3n) is 5.38. The van der Waals surface area contributed by atoms with Gasteiger partial charge in [-0.1, -0.05) is 24.3 Å². The minimum absolute atomic E-state index is 0.0839. The normalized spacial score (nSPS) is 15.6. The summed E-state index contributed by atoms with van der Waals surface area (Å²) in [4.78, 5) is 21.0. The molecule has 1 saturated heterocycles. The number of carbonyl (C=O) groups is 1. The third-order valence-corrected chi connectivity index (χ3v) is 6.15. The van der Waals surface area contributed by atoms with Gasteiger partial charge in [-0.3, -0.25) is 14.6 Å². The molecular formula is C23H23F2N3OS. The SMILES string of the molecule is O=C(Cc1nccs1)CN1CCN(C(c2ccc(F)cc2)c2ccc(F)cc2)CC1. The molecule has 1 aromatic heterocycles. The maximum atomic E-state index is 13.5. The number of aromatic nitrogens is 1. The molecule has 0 aliphatic carbocycles. The first-order valence-electron chi connectivity index (χ1n) is 9.96. The summed E-state index contributed by atoms with van der Waals surface area (Å²) in [6.45, 7) is 3.49. The van der Waals surface area contributed by atoms with Gasteiger partial charge < -0.3 is 0 Å². The molecule has 30 heavy (non-hydrogen) atoms. The Balaban J connectivity index is 1.43. The molecule has 1 fully saturated rings. The van der Waals surface area contributed by atoms with Crippen LogP contribution in [0.25, 0.3) is 0 Å². The zero-order valence-corrected chi connectivity index (χ0v) is 17.3. The number of carbonyl (C=O) groups excluding carboxylic acids is 1. The molecule has 7 heteroatoms. The van der Waals surface area contributed by atoms with Crippen molar-refractivity contribution in [3.8, 4) is 0 Å². The number of hydrogen-bond acceptors (Lipinski definition) is 5. The minimum atomic E-state index is -0.278. The second-order valence-electron chi connectivity index (χ2n) is 7.46. The van der Waals surface area contributed by atoms with Gasteiger partial charge in [0.05, 0.1) is 24.0 Å². The first kappa shape index (κ1) is 20.8. The first-order chi connectivity index (χ1) is 14.6. The second kappa shape index (κ2) is 9.55. The van der Waals surface area contributed by atoms with E-state index in [1.54, 1.807) is 30.5 Å². The number of nitrogens with zero attached hydrogens (tertiary/aromatic N) is 3. The van der Waals surface area contributed by atoms with Gasteiger partial charge in [-0.15, -0.1) is 11.3 Å². The molecule has 0 spiro atoms. The van der Waals surface area contributed by atoms with Crippen LogP contribution >= 0.6 is 11.3 Å². The second-order valence-corrected chi connectivity index (χ2v) is 8.44. The van der Waals surface area contributed by atoms with Crippen molar-refractivity contribution < 1.29 is 13.6 Å². The molecule has 0 bridgehead atoms. The summed E-state index contributed by atoms with van der Waals surface area (Å²) in [6.07, 6.45) is 2.10. The van der Waals surface area contributed by atoms with Crippen LogP contribution < -0.4 is 0 Å². The largest absolute Gasteiger partial charge is 0.298 e. The Kier molecular flexibility index (Phi) is 6.62. The van der Waals surface area contributed by atoms with E-state index >= 15 is 0 Å². The van der Waals surface area contributed by atoms with Crippen LogP contribution in [0.15, 0.2) is 60.1 Å². The van der Waals surface area contributed by atoms with Gasteiger partial charge in [0, 0.05) is 37.8 Å². The van der Waals surface area contributed by atoms with E-state index in [4.69, 9.17) is 0 Å². The van der Waals surface area contributed by atoms with Gasteiger partial charge in [0.15, 0.2) is 5.78 Å². The van der Waals surface area contributed by atoms with E-state index in [1.807, 2.05) is 5.38 Å². The number of hydrogen-bond donors (Lipinski definition) is 0. The molecule has 2 aromatic carbocycles. The van der Waals surface area contributed by atoms with E-state index in [-0.39, 0.29) is 23.5 Å². The summed E-state index contributed by atoms with van der Waals surface area (Å²) in [7, 11) is 0. The highest BCUT2D eigenvalue weighted by atomic mass is 32.1. The number of rotatable bonds is 7. The van der Waals surface area contributed by atoms with E-state index in [0.29, 0.717) is 13.0 Å². The van der Waals surface area contributed by atoms with E-state index in [2.05, 4.69) is 14.8 Å². The van der Waals surface area contributed by atoms with Gasteiger partial charge in [0.2, 0.25) is 0 Å². The summed E-state index contributed by atoms with van der Waals surface area (Å²) in [5, 5.41) is 2.73. The molecule has 1 aliphatic rings. The Morgan fingerprint density at radius 3 is 2.00 bits per heavy atom. The maximum Gasteiger partial charge on any atom is 0.153 e. The van der Waals surface area contributed by atoms with Crippen molar-refractivity contribution in [3.63, 3.8) is 0 Å². The molecule has 0 radical (unpaired) electrons. The Morgan fingerprint density at radius 2 is 1.50 bits per heavy atom. The molecule has 0 saturated carbocycles. The van der Waals surface area contributed by atoms with Crippen molar-refractivity contribution in [2.24, 2.45) is 0 Å². The van der Waals surface area contributed by atoms with Gasteiger partial charge in [0.25, 0.3) is 0 Å². The van der Waals surface area contributed by atoms with Crippen molar-refractivity contribution in [1.82, 2.24) is 14.8 Å². The van der Waals surface area contributed by atoms with Crippen molar-refractivity contribution in [2.45, 2.75) is 12.5 Å². The Bertz CT molecular complexity index is 908. The number of ketones is 1. The zero-order chi connectivity index (χ0) is 20.9. The minimum Gasteiger partial charge on any atom is -0.298 e. The lowest BCUT2D eigenvalue weighted by Gasteiger charge is -2.39. The van der Waals surface area contributed by atoms with Crippen LogP contribution in [-0.2, 0) is 11.2 Å². The van der Waals surface area contributed by atoms with Crippen molar-refractivity contribution in [2.75, 3.05) is 32.7 Å². The van der Waals surface area contributed by atoms with Gasteiger partial charge in [-0.05, 0) is 35.4 Å². The molecule has 0 N–H and O–H groups in total. The highest BCUT2D eigenvalue weighted by Crippen LogP contribution is 2.30. The quantitative estimate of drug-likeness (QED) is 0.572. The number of halogens is 2. The maximum absolute atomic E-state index is 13.5. The average molecular weight is 428 g/mol. The van der Waals surface area contributed by atoms with E-state index in [9.17, 15) is 13.6 Å². The van der Waals surface area contributed by atoms with Gasteiger partial charge >= 0.3 is 0 Å². The van der Waals surface area contributed by atoms with Crippen LogP contribution in [0.5, 0.6) is 0 Å². The van der Waals surface area contributed by atoms with Crippen LogP contribution in [0.3, 0.4) is 0 Å². The van der Waals surface area contributed by atoms with Crippen molar-refractivity contribution in [3.05, 3.63) is 87.9 Å². The third kappa shape index (κ3) is 5.16. The van der Waals surface area contributed by atoms with Crippen LogP contribution in [0, 0.1) is 11.6 Å². The summed E-state index contributed by atoms with van der Waals surface area (Å²) in [5.41, 5.74) is 1.94. The smallest absolute Gasteiger partial charge is 0.153 e. The Hall–Kier alpha value is -2.48. The predicted molar refractivity (Wildman–Crippen MR) is 113 cm³/mol.